The summed E-state index contributed by atoms with van der Waals surface area (Å²) in [5.74, 6) is 0.785. The standard InChI is InChI=1S/C19H25N3O2/c1-14(15-9-11-20-12-10-15)22-18(23)21-13-16-7-5-6-8-17(16)24-19(2,3)4/h5-12,14H,13H2,1-4H3,(H2,21,22,23). The van der Waals surface area contributed by atoms with E-state index in [1.165, 1.54) is 0 Å². The Morgan fingerprint density at radius 2 is 1.83 bits per heavy atom. The van der Waals surface area contributed by atoms with Gasteiger partial charge >= 0.3 is 6.03 Å². The van der Waals surface area contributed by atoms with Crippen LogP contribution in [0.5, 0.6) is 5.75 Å². The number of urea groups is 1. The number of hydrogen-bond acceptors (Lipinski definition) is 3. The minimum Gasteiger partial charge on any atom is -0.488 e. The zero-order valence-corrected chi connectivity index (χ0v) is 14.7. The van der Waals surface area contributed by atoms with Crippen LogP contribution in [0.15, 0.2) is 48.8 Å². The molecule has 0 bridgehead atoms. The van der Waals surface area contributed by atoms with Crippen molar-refractivity contribution in [1.82, 2.24) is 15.6 Å². The molecular formula is C19H25N3O2. The highest BCUT2D eigenvalue weighted by atomic mass is 16.5. The van der Waals surface area contributed by atoms with E-state index in [9.17, 15) is 4.79 Å². The highest BCUT2D eigenvalue weighted by molar-refractivity contribution is 5.74. The van der Waals surface area contributed by atoms with Crippen molar-refractivity contribution in [2.75, 3.05) is 0 Å². The van der Waals surface area contributed by atoms with Crippen molar-refractivity contribution in [1.29, 1.82) is 0 Å². The molecule has 1 aromatic heterocycles. The van der Waals surface area contributed by atoms with Crippen LogP contribution in [0.2, 0.25) is 0 Å². The van der Waals surface area contributed by atoms with E-state index in [-0.39, 0.29) is 17.7 Å². The Morgan fingerprint density at radius 3 is 2.50 bits per heavy atom. The van der Waals surface area contributed by atoms with E-state index >= 15 is 0 Å². The quantitative estimate of drug-likeness (QED) is 0.877. The first-order valence-electron chi connectivity index (χ1n) is 8.06. The van der Waals surface area contributed by atoms with E-state index in [1.807, 2.05) is 64.1 Å². The summed E-state index contributed by atoms with van der Waals surface area (Å²) in [6.07, 6.45) is 3.43. The lowest BCUT2D eigenvalue weighted by atomic mass is 10.1. The molecule has 0 saturated carbocycles. The molecular weight excluding hydrogens is 302 g/mol. The average Bonchev–Trinajstić information content (AvgIpc) is 2.53. The van der Waals surface area contributed by atoms with E-state index < -0.39 is 0 Å². The first kappa shape index (κ1) is 17.8. The number of aromatic nitrogens is 1. The van der Waals surface area contributed by atoms with Gasteiger partial charge in [-0.3, -0.25) is 4.98 Å². The Balaban J connectivity index is 1.92. The SMILES string of the molecule is CC(NC(=O)NCc1ccccc1OC(C)(C)C)c1ccncc1. The first-order chi connectivity index (χ1) is 11.3. The number of benzene rings is 1. The van der Waals surface area contributed by atoms with E-state index in [4.69, 9.17) is 4.74 Å². The summed E-state index contributed by atoms with van der Waals surface area (Å²) in [6, 6.07) is 11.2. The van der Waals surface area contributed by atoms with Crippen LogP contribution in [0.1, 0.15) is 44.9 Å². The van der Waals surface area contributed by atoms with Gasteiger partial charge in [0.1, 0.15) is 11.4 Å². The third kappa shape index (κ3) is 5.57. The van der Waals surface area contributed by atoms with Crippen LogP contribution >= 0.6 is 0 Å². The summed E-state index contributed by atoms with van der Waals surface area (Å²) < 4.78 is 5.94. The summed E-state index contributed by atoms with van der Waals surface area (Å²) in [5, 5.41) is 5.80. The zero-order valence-electron chi connectivity index (χ0n) is 14.7. The van der Waals surface area contributed by atoms with Gasteiger partial charge in [0, 0.05) is 24.5 Å². The van der Waals surface area contributed by atoms with Gasteiger partial charge in [-0.1, -0.05) is 18.2 Å². The van der Waals surface area contributed by atoms with E-state index in [1.54, 1.807) is 12.4 Å². The minimum atomic E-state index is -0.284. The molecule has 1 heterocycles. The number of para-hydroxylation sites is 1. The van der Waals surface area contributed by atoms with E-state index in [2.05, 4.69) is 15.6 Å². The van der Waals surface area contributed by atoms with Gasteiger partial charge in [0.2, 0.25) is 0 Å². The van der Waals surface area contributed by atoms with Crippen molar-refractivity contribution in [3.05, 3.63) is 59.9 Å². The van der Waals surface area contributed by atoms with Gasteiger partial charge in [0.25, 0.3) is 0 Å². The number of nitrogens with zero attached hydrogens (tertiary/aromatic N) is 1. The van der Waals surface area contributed by atoms with Crippen LogP contribution in [-0.4, -0.2) is 16.6 Å². The van der Waals surface area contributed by atoms with Crippen molar-refractivity contribution in [3.8, 4) is 5.75 Å². The third-order valence-electron chi connectivity index (χ3n) is 3.38. The molecule has 2 N–H and O–H groups in total. The fourth-order valence-corrected chi connectivity index (χ4v) is 2.24. The molecule has 0 saturated heterocycles. The molecule has 24 heavy (non-hydrogen) atoms. The Labute approximate surface area is 143 Å². The fraction of sp³-hybridized carbons (Fsp3) is 0.368. The lowest BCUT2D eigenvalue weighted by Crippen LogP contribution is -2.36. The molecule has 2 rings (SSSR count). The molecule has 1 atom stereocenters. The number of rotatable bonds is 5. The highest BCUT2D eigenvalue weighted by Crippen LogP contribution is 2.22. The van der Waals surface area contributed by atoms with E-state index in [0.717, 1.165) is 16.9 Å². The third-order valence-corrected chi connectivity index (χ3v) is 3.38. The number of ether oxygens (including phenoxy) is 1. The summed E-state index contributed by atoms with van der Waals surface area (Å²) in [5.41, 5.74) is 1.67. The number of pyridine rings is 1. The predicted octanol–water partition coefficient (Wildman–Crippen LogP) is 3.82. The molecule has 5 nitrogen and oxygen atoms in total. The number of carbonyl (C=O) groups excluding carboxylic acids is 1. The number of carbonyl (C=O) groups is 1. The van der Waals surface area contributed by atoms with Gasteiger partial charge in [-0.05, 0) is 51.5 Å². The van der Waals surface area contributed by atoms with E-state index in [0.29, 0.717) is 6.54 Å². The molecule has 5 heteroatoms. The van der Waals surface area contributed by atoms with Gasteiger partial charge in [0.15, 0.2) is 0 Å². The van der Waals surface area contributed by atoms with Crippen molar-refractivity contribution in [3.63, 3.8) is 0 Å². The lowest BCUT2D eigenvalue weighted by Gasteiger charge is -2.23. The van der Waals surface area contributed by atoms with Gasteiger partial charge in [-0.2, -0.15) is 0 Å². The number of hydrogen-bond donors (Lipinski definition) is 2. The second-order valence-corrected chi connectivity index (χ2v) is 6.65. The van der Waals surface area contributed by atoms with Gasteiger partial charge in [0.05, 0.1) is 6.04 Å². The molecule has 1 unspecified atom stereocenters. The Kier molecular flexibility index (Phi) is 5.79. The van der Waals surface area contributed by atoms with Crippen LogP contribution in [-0.2, 0) is 6.54 Å². The van der Waals surface area contributed by atoms with Crippen molar-refractivity contribution in [2.45, 2.75) is 45.9 Å². The Bertz CT molecular complexity index is 666. The van der Waals surface area contributed by atoms with Crippen molar-refractivity contribution in [2.24, 2.45) is 0 Å². The van der Waals surface area contributed by atoms with Crippen LogP contribution < -0.4 is 15.4 Å². The Morgan fingerprint density at radius 1 is 1.17 bits per heavy atom. The molecule has 0 aliphatic carbocycles. The first-order valence-corrected chi connectivity index (χ1v) is 8.06. The summed E-state index contributed by atoms with van der Waals surface area (Å²) in [4.78, 5) is 16.1. The predicted molar refractivity (Wildman–Crippen MR) is 94.8 cm³/mol. The molecule has 0 aliphatic rings. The monoisotopic (exact) mass is 327 g/mol. The molecule has 128 valence electrons. The van der Waals surface area contributed by atoms with Gasteiger partial charge in [-0.15, -0.1) is 0 Å². The normalized spacial score (nSPS) is 12.3. The fourth-order valence-electron chi connectivity index (χ4n) is 2.24. The maximum absolute atomic E-state index is 12.1. The minimum absolute atomic E-state index is 0.0888. The maximum Gasteiger partial charge on any atom is 0.315 e. The smallest absolute Gasteiger partial charge is 0.315 e. The van der Waals surface area contributed by atoms with Crippen LogP contribution in [0.25, 0.3) is 0 Å². The summed E-state index contributed by atoms with van der Waals surface area (Å²) >= 11 is 0. The number of amides is 2. The summed E-state index contributed by atoms with van der Waals surface area (Å²) in [6.45, 7) is 8.34. The Hall–Kier alpha value is -2.56. The van der Waals surface area contributed by atoms with Crippen molar-refractivity contribution < 1.29 is 9.53 Å². The molecule has 0 fully saturated rings. The second kappa shape index (κ2) is 7.81. The highest BCUT2D eigenvalue weighted by Gasteiger charge is 2.15. The van der Waals surface area contributed by atoms with Crippen LogP contribution in [0.4, 0.5) is 4.79 Å². The molecule has 2 amide bonds. The topological polar surface area (TPSA) is 63.2 Å². The molecule has 2 aromatic rings. The average molecular weight is 327 g/mol. The van der Waals surface area contributed by atoms with Crippen LogP contribution in [0, 0.1) is 0 Å². The van der Waals surface area contributed by atoms with Gasteiger partial charge in [-0.25, -0.2) is 4.79 Å². The van der Waals surface area contributed by atoms with Crippen molar-refractivity contribution >= 4 is 6.03 Å². The summed E-state index contributed by atoms with van der Waals surface area (Å²) in [7, 11) is 0. The van der Waals surface area contributed by atoms with Crippen LogP contribution in [0.3, 0.4) is 0 Å². The number of nitrogens with one attached hydrogen (secondary N) is 2. The zero-order chi connectivity index (χ0) is 17.6. The lowest BCUT2D eigenvalue weighted by molar-refractivity contribution is 0.129. The molecule has 0 spiro atoms. The van der Waals surface area contributed by atoms with Gasteiger partial charge < -0.3 is 15.4 Å². The molecule has 1 aromatic carbocycles. The second-order valence-electron chi connectivity index (χ2n) is 6.65. The largest absolute Gasteiger partial charge is 0.488 e. The molecule has 0 aliphatic heterocycles. The molecule has 0 radical (unpaired) electrons. The maximum atomic E-state index is 12.1.